The summed E-state index contributed by atoms with van der Waals surface area (Å²) in [5.41, 5.74) is 3.57. The lowest BCUT2D eigenvalue weighted by molar-refractivity contribution is 0.0984. The molecule has 6 heteroatoms. The number of methoxy groups -OCH3 is 1. The molecule has 4 rings (SSSR count). The highest BCUT2D eigenvalue weighted by Crippen LogP contribution is 2.29. The first-order valence-corrected chi connectivity index (χ1v) is 9.27. The second-order valence-corrected chi connectivity index (χ2v) is 6.69. The van der Waals surface area contributed by atoms with Gasteiger partial charge >= 0.3 is 0 Å². The summed E-state index contributed by atoms with van der Waals surface area (Å²) in [6, 6.07) is 17.5. The molecule has 1 N–H and O–H groups in total. The summed E-state index contributed by atoms with van der Waals surface area (Å²) in [7, 11) is 1.65. The zero-order valence-corrected chi connectivity index (χ0v) is 16.0. The average molecular weight is 374 g/mol. The lowest BCUT2D eigenvalue weighted by Crippen LogP contribution is -2.30. The van der Waals surface area contributed by atoms with Crippen molar-refractivity contribution in [1.82, 2.24) is 9.97 Å². The maximum Gasteiger partial charge on any atom is 0.277 e. The highest BCUT2D eigenvalue weighted by molar-refractivity contribution is 6.06. The first-order valence-electron chi connectivity index (χ1n) is 9.27. The van der Waals surface area contributed by atoms with E-state index in [2.05, 4.69) is 21.4 Å². The number of hydrogen-bond acceptors (Lipinski definition) is 5. The van der Waals surface area contributed by atoms with Gasteiger partial charge in [0.15, 0.2) is 0 Å². The van der Waals surface area contributed by atoms with Crippen LogP contribution in [-0.2, 0) is 13.0 Å². The quantitative estimate of drug-likeness (QED) is 0.739. The number of carbonyl (C=O) groups is 1. The van der Waals surface area contributed by atoms with Crippen molar-refractivity contribution < 1.29 is 9.53 Å². The maximum atomic E-state index is 13.1. The molecule has 1 aromatic heterocycles. The number of aryl methyl sites for hydroxylation is 1. The summed E-state index contributed by atoms with van der Waals surface area (Å²) >= 11 is 0. The predicted molar refractivity (Wildman–Crippen MR) is 109 cm³/mol. The molecule has 1 amide bonds. The normalized spacial score (nSPS) is 12.6. The number of ether oxygens (including phenoxy) is 1. The van der Waals surface area contributed by atoms with E-state index in [1.165, 1.54) is 5.56 Å². The van der Waals surface area contributed by atoms with E-state index in [0.717, 1.165) is 23.4 Å². The number of anilines is 2. The molecule has 2 heterocycles. The third kappa shape index (κ3) is 3.53. The summed E-state index contributed by atoms with van der Waals surface area (Å²) in [6.45, 7) is 3.01. The number of nitrogens with one attached hydrogen (secondary N) is 1. The molecule has 0 fully saturated rings. The van der Waals surface area contributed by atoms with Crippen molar-refractivity contribution in [3.63, 3.8) is 0 Å². The van der Waals surface area contributed by atoms with Crippen molar-refractivity contribution in [1.29, 1.82) is 0 Å². The van der Waals surface area contributed by atoms with Crippen molar-refractivity contribution in [2.75, 3.05) is 23.9 Å². The Hall–Kier alpha value is -3.41. The van der Waals surface area contributed by atoms with Gasteiger partial charge in [0.1, 0.15) is 23.1 Å². The van der Waals surface area contributed by atoms with Gasteiger partial charge in [0.05, 0.1) is 7.11 Å². The van der Waals surface area contributed by atoms with E-state index in [9.17, 15) is 4.79 Å². The number of nitrogens with zero attached hydrogens (tertiary/aromatic N) is 3. The van der Waals surface area contributed by atoms with Crippen LogP contribution < -0.4 is 15.0 Å². The molecule has 0 saturated heterocycles. The number of hydrogen-bond donors (Lipinski definition) is 1. The molecule has 0 unspecified atom stereocenters. The molecular weight excluding hydrogens is 352 g/mol. The molecule has 6 nitrogen and oxygen atoms in total. The molecule has 0 radical (unpaired) electrons. The van der Waals surface area contributed by atoms with Crippen LogP contribution >= 0.6 is 0 Å². The largest absolute Gasteiger partial charge is 0.496 e. The van der Waals surface area contributed by atoms with Gasteiger partial charge < -0.3 is 15.0 Å². The van der Waals surface area contributed by atoms with E-state index >= 15 is 0 Å². The van der Waals surface area contributed by atoms with E-state index in [0.29, 0.717) is 30.4 Å². The van der Waals surface area contributed by atoms with E-state index in [1.54, 1.807) is 25.0 Å². The predicted octanol–water partition coefficient (Wildman–Crippen LogP) is 3.61. The summed E-state index contributed by atoms with van der Waals surface area (Å²) in [5.74, 6) is 1.89. The van der Waals surface area contributed by atoms with Crippen molar-refractivity contribution >= 4 is 17.4 Å². The minimum atomic E-state index is -0.101. The lowest BCUT2D eigenvalue weighted by Gasteiger charge is -2.17. The first-order chi connectivity index (χ1) is 13.7. The molecule has 0 bridgehead atoms. The topological polar surface area (TPSA) is 67.3 Å². The highest BCUT2D eigenvalue weighted by atomic mass is 16.5. The number of rotatable bonds is 5. The van der Waals surface area contributed by atoms with Gasteiger partial charge in [-0.1, -0.05) is 36.4 Å². The van der Waals surface area contributed by atoms with E-state index in [-0.39, 0.29) is 5.91 Å². The van der Waals surface area contributed by atoms with Crippen molar-refractivity contribution in [2.24, 2.45) is 0 Å². The van der Waals surface area contributed by atoms with E-state index in [4.69, 9.17) is 4.74 Å². The molecule has 1 aliphatic rings. The Morgan fingerprint density at radius 1 is 1.14 bits per heavy atom. The van der Waals surface area contributed by atoms with Crippen molar-refractivity contribution in [2.45, 2.75) is 19.9 Å². The molecule has 0 atom stereocenters. The molecule has 1 aliphatic heterocycles. The third-order valence-electron chi connectivity index (χ3n) is 4.84. The summed E-state index contributed by atoms with van der Waals surface area (Å²) in [4.78, 5) is 23.7. The lowest BCUT2D eigenvalue weighted by atomic mass is 10.2. The molecule has 0 saturated carbocycles. The standard InChI is InChI=1S/C22H22N4O2/c1-15-24-18(22(27)26-12-11-16-7-3-5-9-19(16)26)13-21(25-15)23-14-17-8-4-6-10-20(17)28-2/h3-10,13H,11-12,14H2,1-2H3,(H,23,24,25). The van der Waals surface area contributed by atoms with Gasteiger partial charge in [-0.3, -0.25) is 4.79 Å². The number of para-hydroxylation sites is 2. The van der Waals surface area contributed by atoms with E-state index < -0.39 is 0 Å². The number of amides is 1. The zero-order chi connectivity index (χ0) is 19.5. The van der Waals surface area contributed by atoms with Gasteiger partial charge in [0.2, 0.25) is 0 Å². The number of aromatic nitrogens is 2. The van der Waals surface area contributed by atoms with Crippen LogP contribution in [0.4, 0.5) is 11.5 Å². The minimum Gasteiger partial charge on any atom is -0.496 e. The smallest absolute Gasteiger partial charge is 0.277 e. The number of carbonyl (C=O) groups excluding carboxylic acids is 1. The summed E-state index contributed by atoms with van der Waals surface area (Å²) < 4.78 is 5.39. The van der Waals surface area contributed by atoms with Gasteiger partial charge in [0, 0.05) is 30.4 Å². The molecule has 142 valence electrons. The second-order valence-electron chi connectivity index (χ2n) is 6.69. The number of fused-ring (bicyclic) bond motifs is 1. The zero-order valence-electron chi connectivity index (χ0n) is 16.0. The van der Waals surface area contributed by atoms with Crippen LogP contribution in [0, 0.1) is 6.92 Å². The summed E-state index contributed by atoms with van der Waals surface area (Å²) in [6.07, 6.45) is 0.866. The number of benzene rings is 2. The van der Waals surface area contributed by atoms with Crippen LogP contribution in [0.25, 0.3) is 0 Å². The van der Waals surface area contributed by atoms with Crippen LogP contribution in [0.3, 0.4) is 0 Å². The average Bonchev–Trinajstić information content (AvgIpc) is 3.15. The van der Waals surface area contributed by atoms with Crippen LogP contribution in [0.5, 0.6) is 5.75 Å². The Labute approximate surface area is 164 Å². The van der Waals surface area contributed by atoms with Gasteiger partial charge in [-0.25, -0.2) is 9.97 Å². The monoisotopic (exact) mass is 374 g/mol. The fourth-order valence-electron chi connectivity index (χ4n) is 3.49. The van der Waals surface area contributed by atoms with Gasteiger partial charge in [-0.2, -0.15) is 0 Å². The minimum absolute atomic E-state index is 0.101. The Bertz CT molecular complexity index is 1020. The van der Waals surface area contributed by atoms with Crippen LogP contribution in [0.2, 0.25) is 0 Å². The van der Waals surface area contributed by atoms with Crippen LogP contribution in [0.15, 0.2) is 54.6 Å². The molecule has 3 aromatic rings. The fourth-order valence-corrected chi connectivity index (χ4v) is 3.49. The molecule has 0 spiro atoms. The molecule has 0 aliphatic carbocycles. The SMILES string of the molecule is COc1ccccc1CNc1cc(C(=O)N2CCc3ccccc32)nc(C)n1. The van der Waals surface area contributed by atoms with Crippen molar-refractivity contribution in [3.8, 4) is 5.75 Å². The Kier molecular flexibility index (Phi) is 4.93. The van der Waals surface area contributed by atoms with Gasteiger partial charge in [-0.15, -0.1) is 0 Å². The molecule has 28 heavy (non-hydrogen) atoms. The highest BCUT2D eigenvalue weighted by Gasteiger charge is 2.26. The van der Waals surface area contributed by atoms with Crippen LogP contribution in [-0.4, -0.2) is 29.5 Å². The molecular formula is C22H22N4O2. The Morgan fingerprint density at radius 2 is 1.93 bits per heavy atom. The van der Waals surface area contributed by atoms with Crippen molar-refractivity contribution in [3.05, 3.63) is 77.2 Å². The van der Waals surface area contributed by atoms with E-state index in [1.807, 2.05) is 42.5 Å². The third-order valence-corrected chi connectivity index (χ3v) is 4.84. The maximum absolute atomic E-state index is 13.1. The molecule has 2 aromatic carbocycles. The van der Waals surface area contributed by atoms with Gasteiger partial charge in [-0.05, 0) is 31.0 Å². The Balaban J connectivity index is 1.55. The first kappa shape index (κ1) is 18.0. The van der Waals surface area contributed by atoms with Gasteiger partial charge in [0.25, 0.3) is 5.91 Å². The van der Waals surface area contributed by atoms with Crippen LogP contribution in [0.1, 0.15) is 27.4 Å². The summed E-state index contributed by atoms with van der Waals surface area (Å²) in [5, 5.41) is 3.28. The Morgan fingerprint density at radius 3 is 2.79 bits per heavy atom. The fraction of sp³-hybridized carbons (Fsp3) is 0.227. The second kappa shape index (κ2) is 7.68.